The van der Waals surface area contributed by atoms with Gasteiger partial charge in [0.2, 0.25) is 0 Å². The molecular formula is C61H41N3. The molecule has 1 aliphatic rings. The first-order valence-electron chi connectivity index (χ1n) is 22.1. The van der Waals surface area contributed by atoms with Gasteiger partial charge in [-0.25, -0.2) is 0 Å². The van der Waals surface area contributed by atoms with Crippen molar-refractivity contribution in [2.45, 2.75) is 19.3 Å². The number of fused-ring (bicyclic) bond motifs is 12. The van der Waals surface area contributed by atoms with Crippen molar-refractivity contribution in [3.8, 4) is 61.3 Å². The predicted octanol–water partition coefficient (Wildman–Crippen LogP) is 16.0. The van der Waals surface area contributed by atoms with Crippen LogP contribution < -0.4 is 0 Å². The Bertz CT molecular complexity index is 3840. The van der Waals surface area contributed by atoms with E-state index in [9.17, 15) is 0 Å². The van der Waals surface area contributed by atoms with Crippen LogP contribution in [0.1, 0.15) is 25.0 Å². The van der Waals surface area contributed by atoms with Gasteiger partial charge in [-0.1, -0.05) is 159 Å². The lowest BCUT2D eigenvalue weighted by atomic mass is 9.80. The van der Waals surface area contributed by atoms with Crippen LogP contribution in [-0.2, 0) is 5.41 Å². The summed E-state index contributed by atoms with van der Waals surface area (Å²) in [6, 6.07) is 73.8. The van der Waals surface area contributed by atoms with Crippen LogP contribution >= 0.6 is 0 Å². The highest BCUT2D eigenvalue weighted by atomic mass is 15.0. The molecule has 10 aromatic carbocycles. The van der Waals surface area contributed by atoms with Crippen LogP contribution in [-0.4, -0.2) is 14.5 Å². The molecule has 1 aliphatic carbocycles. The Morgan fingerprint density at radius 3 is 1.41 bits per heavy atom. The molecule has 12 aromatic rings. The largest absolute Gasteiger partial charge is 0.309 e. The molecule has 0 fully saturated rings. The zero-order valence-electron chi connectivity index (χ0n) is 35.5. The molecule has 0 amide bonds. The molecule has 0 bridgehead atoms. The lowest BCUT2D eigenvalue weighted by molar-refractivity contribution is 0.661. The Kier molecular flexibility index (Phi) is 7.95. The van der Waals surface area contributed by atoms with E-state index in [0.717, 1.165) is 21.8 Å². The molecule has 0 atom stereocenters. The summed E-state index contributed by atoms with van der Waals surface area (Å²) in [6.07, 6.45) is 3.58. The standard InChI is InChI=1S/C61H41N3/c1-61(2)55-35-43(22-26-48(55)49-27-23-44(36-56(49)61)42-25-29-53-54(34-42)47-18-6-7-20-52(47)59-60(53)63-31-30-62-59)40-14-10-12-38(32-40)39-13-11-15-41(33-39)45-24-28-51-50-19-8-9-21-57(50)64(58(51)37-45)46-16-4-3-5-17-46/h3-37H,1-2H3. The molecular weight excluding hydrogens is 775 g/mol. The zero-order valence-corrected chi connectivity index (χ0v) is 35.5. The maximum atomic E-state index is 4.78. The van der Waals surface area contributed by atoms with Crippen LogP contribution in [0, 0.1) is 0 Å². The Morgan fingerprint density at radius 2 is 0.781 bits per heavy atom. The van der Waals surface area contributed by atoms with E-state index in [1.165, 1.54) is 105 Å². The molecule has 0 radical (unpaired) electrons. The minimum absolute atomic E-state index is 0.175. The molecule has 3 nitrogen and oxygen atoms in total. The van der Waals surface area contributed by atoms with Crippen molar-refractivity contribution in [1.82, 2.24) is 14.5 Å². The molecule has 2 aromatic heterocycles. The number of benzene rings is 10. The molecule has 0 saturated carbocycles. The molecule has 0 unspecified atom stereocenters. The Labute approximate surface area is 371 Å². The highest BCUT2D eigenvalue weighted by Crippen LogP contribution is 2.51. The third kappa shape index (κ3) is 5.54. The second-order valence-electron chi connectivity index (χ2n) is 17.8. The van der Waals surface area contributed by atoms with Crippen molar-refractivity contribution >= 4 is 54.4 Å². The quantitative estimate of drug-likeness (QED) is 0.162. The number of para-hydroxylation sites is 2. The first-order valence-corrected chi connectivity index (χ1v) is 22.1. The first kappa shape index (κ1) is 36.5. The Balaban J connectivity index is 0.837. The molecule has 0 spiro atoms. The maximum Gasteiger partial charge on any atom is 0.0971 e. The molecule has 0 N–H and O–H groups in total. The van der Waals surface area contributed by atoms with Crippen molar-refractivity contribution in [3.05, 3.63) is 224 Å². The minimum atomic E-state index is -0.175. The molecule has 3 heteroatoms. The zero-order chi connectivity index (χ0) is 42.5. The molecule has 13 rings (SSSR count). The van der Waals surface area contributed by atoms with Crippen LogP contribution in [0.25, 0.3) is 116 Å². The Hall–Kier alpha value is -8.14. The summed E-state index contributed by atoms with van der Waals surface area (Å²) in [5.74, 6) is 0. The number of nitrogens with zero attached hydrogens (tertiary/aromatic N) is 3. The molecule has 64 heavy (non-hydrogen) atoms. The van der Waals surface area contributed by atoms with Crippen LogP contribution in [0.4, 0.5) is 0 Å². The van der Waals surface area contributed by atoms with Crippen molar-refractivity contribution in [2.24, 2.45) is 0 Å². The Morgan fingerprint density at radius 1 is 0.328 bits per heavy atom. The van der Waals surface area contributed by atoms with E-state index >= 15 is 0 Å². The van der Waals surface area contributed by atoms with Gasteiger partial charge in [0.1, 0.15) is 0 Å². The molecule has 2 heterocycles. The van der Waals surface area contributed by atoms with Crippen LogP contribution in [0.3, 0.4) is 0 Å². The van der Waals surface area contributed by atoms with Crippen molar-refractivity contribution < 1.29 is 0 Å². The lowest BCUT2D eigenvalue weighted by Gasteiger charge is -2.23. The summed E-state index contributed by atoms with van der Waals surface area (Å²) in [4.78, 5) is 9.51. The van der Waals surface area contributed by atoms with Gasteiger partial charge in [0.15, 0.2) is 0 Å². The van der Waals surface area contributed by atoms with Gasteiger partial charge < -0.3 is 4.57 Å². The van der Waals surface area contributed by atoms with Gasteiger partial charge in [-0.15, -0.1) is 0 Å². The average molecular weight is 816 g/mol. The highest BCUT2D eigenvalue weighted by Gasteiger charge is 2.36. The second kappa shape index (κ2) is 13.9. The third-order valence-electron chi connectivity index (χ3n) is 13.9. The van der Waals surface area contributed by atoms with Gasteiger partial charge in [0.25, 0.3) is 0 Å². The van der Waals surface area contributed by atoms with E-state index in [2.05, 4.69) is 219 Å². The predicted molar refractivity (Wildman–Crippen MR) is 268 cm³/mol. The fourth-order valence-corrected chi connectivity index (χ4v) is 10.7. The van der Waals surface area contributed by atoms with Crippen LogP contribution in [0.2, 0.25) is 0 Å². The highest BCUT2D eigenvalue weighted by molar-refractivity contribution is 6.23. The summed E-state index contributed by atoms with van der Waals surface area (Å²) < 4.78 is 2.39. The van der Waals surface area contributed by atoms with Gasteiger partial charge in [0.05, 0.1) is 22.1 Å². The smallest absolute Gasteiger partial charge is 0.0971 e. The summed E-state index contributed by atoms with van der Waals surface area (Å²) in [5, 5.41) is 7.19. The number of hydrogen-bond donors (Lipinski definition) is 0. The van der Waals surface area contributed by atoms with E-state index < -0.39 is 0 Å². The van der Waals surface area contributed by atoms with E-state index in [1.807, 2.05) is 0 Å². The van der Waals surface area contributed by atoms with Crippen molar-refractivity contribution in [2.75, 3.05) is 0 Å². The van der Waals surface area contributed by atoms with E-state index in [-0.39, 0.29) is 5.41 Å². The number of hydrogen-bond acceptors (Lipinski definition) is 2. The van der Waals surface area contributed by atoms with Gasteiger partial charge in [-0.2, -0.15) is 0 Å². The summed E-state index contributed by atoms with van der Waals surface area (Å²) in [5.41, 5.74) is 20.3. The average Bonchev–Trinajstić information content (AvgIpc) is 3.81. The van der Waals surface area contributed by atoms with E-state index in [4.69, 9.17) is 9.97 Å². The third-order valence-corrected chi connectivity index (χ3v) is 13.9. The monoisotopic (exact) mass is 815 g/mol. The van der Waals surface area contributed by atoms with Crippen molar-refractivity contribution in [1.29, 1.82) is 0 Å². The summed E-state index contributed by atoms with van der Waals surface area (Å²) >= 11 is 0. The van der Waals surface area contributed by atoms with Gasteiger partial charge in [-0.3, -0.25) is 9.97 Å². The number of rotatable bonds is 5. The fourth-order valence-electron chi connectivity index (χ4n) is 10.7. The minimum Gasteiger partial charge on any atom is -0.309 e. The van der Waals surface area contributed by atoms with Crippen molar-refractivity contribution in [3.63, 3.8) is 0 Å². The van der Waals surface area contributed by atoms with E-state index in [1.54, 1.807) is 12.4 Å². The van der Waals surface area contributed by atoms with E-state index in [0.29, 0.717) is 0 Å². The van der Waals surface area contributed by atoms with Gasteiger partial charge in [-0.05, 0) is 132 Å². The molecule has 0 aliphatic heterocycles. The second-order valence-corrected chi connectivity index (χ2v) is 17.8. The van der Waals surface area contributed by atoms with Crippen LogP contribution in [0.5, 0.6) is 0 Å². The SMILES string of the molecule is CC1(C)c2cc(-c3cccc(-c4cccc(-c5ccc6c7ccccc7n(-c7ccccc7)c6c5)c4)c3)ccc2-c2ccc(-c3ccc4c(c3)c3ccccc3c3nccnc43)cc21. The first-order chi connectivity index (χ1) is 31.5. The fraction of sp³-hybridized carbons (Fsp3) is 0.0492. The summed E-state index contributed by atoms with van der Waals surface area (Å²) in [7, 11) is 0. The maximum absolute atomic E-state index is 4.78. The van der Waals surface area contributed by atoms with Crippen LogP contribution in [0.15, 0.2) is 213 Å². The normalized spacial score (nSPS) is 13.0. The topological polar surface area (TPSA) is 30.7 Å². The van der Waals surface area contributed by atoms with Gasteiger partial charge in [0, 0.05) is 45.0 Å². The molecule has 300 valence electrons. The molecule has 0 saturated heterocycles. The lowest BCUT2D eigenvalue weighted by Crippen LogP contribution is -2.15. The number of aromatic nitrogens is 3. The van der Waals surface area contributed by atoms with Gasteiger partial charge >= 0.3 is 0 Å². The summed E-state index contributed by atoms with van der Waals surface area (Å²) in [6.45, 7) is 4.76.